The molecule has 0 spiro atoms. The third-order valence-electron chi connectivity index (χ3n) is 2.43. The van der Waals surface area contributed by atoms with E-state index in [0.717, 1.165) is 20.2 Å². The topological polar surface area (TPSA) is 50.1 Å². The normalized spacial score (nSPS) is 10.6. The summed E-state index contributed by atoms with van der Waals surface area (Å²) in [6, 6.07) is 5.99. The fourth-order valence-electron chi connectivity index (χ4n) is 1.55. The first-order valence-corrected chi connectivity index (χ1v) is 7.09. The van der Waals surface area contributed by atoms with Gasteiger partial charge in [0.25, 0.3) is 0 Å². The zero-order valence-corrected chi connectivity index (χ0v) is 12.8. The molecule has 18 heavy (non-hydrogen) atoms. The third-order valence-corrected chi connectivity index (χ3v) is 3.58. The average Bonchev–Trinajstić information content (AvgIpc) is 2.76. The molecule has 0 atom stereocenters. The van der Waals surface area contributed by atoms with E-state index in [1.807, 2.05) is 24.4 Å². The van der Waals surface area contributed by atoms with Gasteiger partial charge in [0.2, 0.25) is 0 Å². The molecule has 0 radical (unpaired) electrons. The molecule has 0 bridgehead atoms. The monoisotopic (exact) mass is 373 g/mol. The molecule has 2 rings (SSSR count). The lowest BCUT2D eigenvalue weighted by Gasteiger charge is -2.07. The van der Waals surface area contributed by atoms with Crippen molar-refractivity contribution < 1.29 is 5.11 Å². The Balaban J connectivity index is 1.97. The van der Waals surface area contributed by atoms with E-state index in [1.165, 1.54) is 0 Å². The molecule has 0 aliphatic heterocycles. The van der Waals surface area contributed by atoms with Crippen molar-refractivity contribution in [2.45, 2.75) is 13.1 Å². The molecular formula is C12H13Br2N3O. The molecule has 2 aromatic rings. The van der Waals surface area contributed by atoms with Crippen LogP contribution in [0.25, 0.3) is 0 Å². The van der Waals surface area contributed by atoms with Crippen LogP contribution in [0, 0.1) is 0 Å². The first-order valence-electron chi connectivity index (χ1n) is 5.50. The minimum absolute atomic E-state index is 0.104. The number of hydrogen-bond acceptors (Lipinski definition) is 3. The Hall–Kier alpha value is -0.850. The molecular weight excluding hydrogens is 362 g/mol. The van der Waals surface area contributed by atoms with Gasteiger partial charge in [-0.1, -0.05) is 15.9 Å². The summed E-state index contributed by atoms with van der Waals surface area (Å²) >= 11 is 6.92. The number of nitrogens with zero attached hydrogens (tertiary/aromatic N) is 2. The lowest BCUT2D eigenvalue weighted by atomic mass is 10.3. The second kappa shape index (κ2) is 6.36. The van der Waals surface area contributed by atoms with Crippen molar-refractivity contribution in [1.29, 1.82) is 0 Å². The second-order valence-electron chi connectivity index (χ2n) is 3.81. The van der Waals surface area contributed by atoms with Crippen molar-refractivity contribution in [1.82, 2.24) is 9.78 Å². The van der Waals surface area contributed by atoms with Crippen molar-refractivity contribution >= 4 is 37.5 Å². The lowest BCUT2D eigenvalue weighted by Crippen LogP contribution is -2.02. The number of aromatic nitrogens is 2. The zero-order valence-electron chi connectivity index (χ0n) is 9.61. The highest BCUT2D eigenvalue weighted by atomic mass is 79.9. The van der Waals surface area contributed by atoms with E-state index in [1.54, 1.807) is 10.9 Å². The number of hydrogen-bond donors (Lipinski definition) is 2. The molecule has 0 saturated heterocycles. The Labute approximate surface area is 122 Å². The Morgan fingerprint density at radius 2 is 2.17 bits per heavy atom. The number of nitrogens with one attached hydrogen (secondary N) is 1. The first kappa shape index (κ1) is 13.6. The van der Waals surface area contributed by atoms with E-state index in [0.29, 0.717) is 13.1 Å². The van der Waals surface area contributed by atoms with Gasteiger partial charge in [-0.3, -0.25) is 4.68 Å². The maximum atomic E-state index is 8.81. The molecule has 0 unspecified atom stereocenters. The summed E-state index contributed by atoms with van der Waals surface area (Å²) < 4.78 is 3.78. The van der Waals surface area contributed by atoms with Crippen LogP contribution < -0.4 is 5.32 Å². The summed E-state index contributed by atoms with van der Waals surface area (Å²) in [4.78, 5) is 0. The van der Waals surface area contributed by atoms with Gasteiger partial charge in [-0.2, -0.15) is 5.10 Å². The average molecular weight is 375 g/mol. The van der Waals surface area contributed by atoms with Crippen molar-refractivity contribution in [3.63, 3.8) is 0 Å². The van der Waals surface area contributed by atoms with Gasteiger partial charge in [-0.25, -0.2) is 0 Å². The van der Waals surface area contributed by atoms with Crippen LogP contribution in [0.1, 0.15) is 5.56 Å². The molecule has 1 aromatic carbocycles. The van der Waals surface area contributed by atoms with Crippen molar-refractivity contribution in [2.24, 2.45) is 0 Å². The van der Waals surface area contributed by atoms with Gasteiger partial charge in [-0.15, -0.1) is 0 Å². The van der Waals surface area contributed by atoms with E-state index in [4.69, 9.17) is 5.11 Å². The molecule has 0 amide bonds. The van der Waals surface area contributed by atoms with Gasteiger partial charge < -0.3 is 10.4 Å². The minimum atomic E-state index is 0.104. The number of aliphatic hydroxyl groups is 1. The second-order valence-corrected chi connectivity index (χ2v) is 5.58. The Kier molecular flexibility index (Phi) is 4.79. The third kappa shape index (κ3) is 3.57. The van der Waals surface area contributed by atoms with Gasteiger partial charge in [0, 0.05) is 32.9 Å². The summed E-state index contributed by atoms with van der Waals surface area (Å²) in [5, 5.41) is 16.3. The molecule has 2 N–H and O–H groups in total. The van der Waals surface area contributed by atoms with Crippen LogP contribution in [0.15, 0.2) is 39.5 Å². The Morgan fingerprint density at radius 3 is 2.89 bits per heavy atom. The lowest BCUT2D eigenvalue weighted by molar-refractivity contribution is 0.269. The van der Waals surface area contributed by atoms with E-state index < -0.39 is 0 Å². The van der Waals surface area contributed by atoms with E-state index in [2.05, 4.69) is 42.3 Å². The molecule has 96 valence electrons. The molecule has 6 heteroatoms. The fourth-order valence-corrected chi connectivity index (χ4v) is 2.74. The maximum absolute atomic E-state index is 8.81. The summed E-state index contributed by atoms with van der Waals surface area (Å²) in [5.41, 5.74) is 2.12. The Bertz CT molecular complexity index is 528. The number of aliphatic hydroxyl groups excluding tert-OH is 1. The van der Waals surface area contributed by atoms with E-state index >= 15 is 0 Å². The Morgan fingerprint density at radius 1 is 1.33 bits per heavy atom. The summed E-state index contributed by atoms with van der Waals surface area (Å²) in [7, 11) is 0. The van der Waals surface area contributed by atoms with Crippen LogP contribution in [0.2, 0.25) is 0 Å². The standard InChI is InChI=1S/C12H13Br2N3O/c13-10-1-2-12(11(14)5-10)15-6-9-7-16-17(8-9)3-4-18/h1-2,5,7-8,15,18H,3-4,6H2. The van der Waals surface area contributed by atoms with Gasteiger partial charge in [0.15, 0.2) is 0 Å². The number of benzene rings is 1. The van der Waals surface area contributed by atoms with Gasteiger partial charge in [-0.05, 0) is 34.1 Å². The van der Waals surface area contributed by atoms with Crippen LogP contribution in [-0.2, 0) is 13.1 Å². The highest BCUT2D eigenvalue weighted by molar-refractivity contribution is 9.11. The van der Waals surface area contributed by atoms with Gasteiger partial charge in [0.05, 0.1) is 19.3 Å². The number of anilines is 1. The quantitative estimate of drug-likeness (QED) is 0.845. The van der Waals surface area contributed by atoms with Crippen LogP contribution in [-0.4, -0.2) is 21.5 Å². The summed E-state index contributed by atoms with van der Waals surface area (Å²) in [6.07, 6.45) is 3.73. The van der Waals surface area contributed by atoms with Crippen LogP contribution in [0.3, 0.4) is 0 Å². The molecule has 4 nitrogen and oxygen atoms in total. The van der Waals surface area contributed by atoms with E-state index in [9.17, 15) is 0 Å². The highest BCUT2D eigenvalue weighted by Gasteiger charge is 2.02. The smallest absolute Gasteiger partial charge is 0.0640 e. The van der Waals surface area contributed by atoms with Gasteiger partial charge in [0.1, 0.15) is 0 Å². The summed E-state index contributed by atoms with van der Waals surface area (Å²) in [6.45, 7) is 1.33. The number of rotatable bonds is 5. The first-order chi connectivity index (χ1) is 8.69. The SMILES string of the molecule is OCCn1cc(CNc2ccc(Br)cc2Br)cn1. The molecule has 0 saturated carbocycles. The molecule has 1 aromatic heterocycles. The molecule has 1 heterocycles. The van der Waals surface area contributed by atoms with Crippen LogP contribution in [0.4, 0.5) is 5.69 Å². The van der Waals surface area contributed by atoms with Crippen molar-refractivity contribution in [3.05, 3.63) is 45.1 Å². The highest BCUT2D eigenvalue weighted by Crippen LogP contribution is 2.26. The number of halogens is 2. The van der Waals surface area contributed by atoms with Crippen molar-refractivity contribution in [3.8, 4) is 0 Å². The van der Waals surface area contributed by atoms with Gasteiger partial charge >= 0.3 is 0 Å². The molecule has 0 fully saturated rings. The van der Waals surface area contributed by atoms with Crippen LogP contribution in [0.5, 0.6) is 0 Å². The molecule has 0 aliphatic rings. The maximum Gasteiger partial charge on any atom is 0.0640 e. The van der Waals surface area contributed by atoms with Crippen molar-refractivity contribution in [2.75, 3.05) is 11.9 Å². The van der Waals surface area contributed by atoms with E-state index in [-0.39, 0.29) is 6.61 Å². The van der Waals surface area contributed by atoms with Crippen LogP contribution >= 0.6 is 31.9 Å². The fraction of sp³-hybridized carbons (Fsp3) is 0.250. The summed E-state index contributed by atoms with van der Waals surface area (Å²) in [5.74, 6) is 0. The predicted octanol–water partition coefficient (Wildman–Crippen LogP) is 3.01. The molecule has 0 aliphatic carbocycles. The largest absolute Gasteiger partial charge is 0.394 e. The predicted molar refractivity (Wildman–Crippen MR) is 78.5 cm³/mol. The minimum Gasteiger partial charge on any atom is -0.394 e. The zero-order chi connectivity index (χ0) is 13.0.